The molecule has 0 aliphatic carbocycles. The van der Waals surface area contributed by atoms with Crippen LogP contribution in [0.4, 0.5) is 15.8 Å². The smallest absolute Gasteiger partial charge is 0.271 e. The molecule has 7 nitrogen and oxygen atoms in total. The van der Waals surface area contributed by atoms with Crippen molar-refractivity contribution in [2.75, 3.05) is 10.6 Å². The largest absolute Gasteiger partial charge is 0.326 e. The normalized spacial score (nSPS) is 10.9. The van der Waals surface area contributed by atoms with E-state index in [1.807, 2.05) is 0 Å². The number of carbonyl (C=O) groups excluding carboxylic acids is 3. The zero-order chi connectivity index (χ0) is 19.8. The molecule has 0 spiro atoms. The highest BCUT2D eigenvalue weighted by Gasteiger charge is 2.08. The number of hydrazone groups is 1. The molecule has 0 aromatic heterocycles. The third kappa shape index (κ3) is 6.69. The highest BCUT2D eigenvalue weighted by molar-refractivity contribution is 6.06. The number of carbonyl (C=O) groups is 3. The van der Waals surface area contributed by atoms with E-state index < -0.39 is 11.7 Å². The van der Waals surface area contributed by atoms with E-state index >= 15 is 0 Å². The number of hydrogen-bond donors (Lipinski definition) is 3. The average molecular weight is 370 g/mol. The summed E-state index contributed by atoms with van der Waals surface area (Å²) in [5, 5.41) is 9.10. The van der Waals surface area contributed by atoms with Crippen molar-refractivity contribution in [2.45, 2.75) is 20.3 Å². The van der Waals surface area contributed by atoms with Gasteiger partial charge in [-0.05, 0) is 55.5 Å². The third-order valence-electron chi connectivity index (χ3n) is 3.36. The lowest BCUT2D eigenvalue weighted by atomic mass is 10.2. The molecule has 2 rings (SSSR count). The highest BCUT2D eigenvalue weighted by Crippen LogP contribution is 2.10. The van der Waals surface area contributed by atoms with E-state index in [0.717, 1.165) is 0 Å². The van der Waals surface area contributed by atoms with Gasteiger partial charge in [-0.3, -0.25) is 14.4 Å². The number of amides is 3. The number of nitrogens with one attached hydrogen (secondary N) is 3. The highest BCUT2D eigenvalue weighted by atomic mass is 19.1. The first-order chi connectivity index (χ1) is 12.8. The van der Waals surface area contributed by atoms with Crippen LogP contribution in [0.1, 0.15) is 30.6 Å². The third-order valence-corrected chi connectivity index (χ3v) is 3.36. The van der Waals surface area contributed by atoms with Gasteiger partial charge in [0, 0.05) is 29.6 Å². The van der Waals surface area contributed by atoms with E-state index in [2.05, 4.69) is 21.2 Å². The summed E-state index contributed by atoms with van der Waals surface area (Å²) in [6, 6.07) is 11.7. The van der Waals surface area contributed by atoms with Gasteiger partial charge in [-0.15, -0.1) is 0 Å². The van der Waals surface area contributed by atoms with Crippen molar-refractivity contribution < 1.29 is 18.8 Å². The molecule has 0 unspecified atom stereocenters. The predicted molar refractivity (Wildman–Crippen MR) is 101 cm³/mol. The minimum absolute atomic E-state index is 0.0286. The van der Waals surface area contributed by atoms with Crippen molar-refractivity contribution in [3.8, 4) is 0 Å². The van der Waals surface area contributed by atoms with Crippen LogP contribution in [0.2, 0.25) is 0 Å². The molecule has 2 aromatic carbocycles. The van der Waals surface area contributed by atoms with Crippen LogP contribution in [0.3, 0.4) is 0 Å². The quantitative estimate of drug-likeness (QED) is 0.538. The van der Waals surface area contributed by atoms with Gasteiger partial charge < -0.3 is 10.6 Å². The van der Waals surface area contributed by atoms with E-state index in [-0.39, 0.29) is 18.2 Å². The minimum Gasteiger partial charge on any atom is -0.326 e. The summed E-state index contributed by atoms with van der Waals surface area (Å²) in [7, 11) is 0. The number of hydrogen-bond acceptors (Lipinski definition) is 4. The number of nitrogens with zero attached hydrogens (tertiary/aromatic N) is 1. The number of benzene rings is 2. The maximum atomic E-state index is 12.8. The summed E-state index contributed by atoms with van der Waals surface area (Å²) in [6.07, 6.45) is -0.0286. The summed E-state index contributed by atoms with van der Waals surface area (Å²) in [6.45, 7) is 2.99. The van der Waals surface area contributed by atoms with Crippen molar-refractivity contribution in [1.29, 1.82) is 0 Å². The minimum atomic E-state index is -0.442. The van der Waals surface area contributed by atoms with Crippen LogP contribution in [0, 0.1) is 5.82 Å². The number of rotatable bonds is 6. The molecule has 3 N–H and O–H groups in total. The maximum Gasteiger partial charge on any atom is 0.271 e. The van der Waals surface area contributed by atoms with Crippen molar-refractivity contribution in [2.24, 2.45) is 5.10 Å². The molecule has 2 aromatic rings. The molecular weight excluding hydrogens is 351 g/mol. The topological polar surface area (TPSA) is 99.7 Å². The fraction of sp³-hybridized carbons (Fsp3) is 0.158. The molecule has 0 atom stereocenters. The molecule has 3 amide bonds. The number of anilines is 2. The van der Waals surface area contributed by atoms with Crippen molar-refractivity contribution in [3.05, 3.63) is 59.9 Å². The van der Waals surface area contributed by atoms with Gasteiger partial charge in [0.25, 0.3) is 5.91 Å². The summed E-state index contributed by atoms with van der Waals surface area (Å²) < 4.78 is 12.8. The van der Waals surface area contributed by atoms with Gasteiger partial charge in [0.15, 0.2) is 0 Å². The first-order valence-corrected chi connectivity index (χ1v) is 8.10. The lowest BCUT2D eigenvalue weighted by molar-refractivity contribution is -0.115. The maximum absolute atomic E-state index is 12.8. The lowest BCUT2D eigenvalue weighted by Crippen LogP contribution is -2.21. The molecule has 0 heterocycles. The van der Waals surface area contributed by atoms with E-state index in [4.69, 9.17) is 0 Å². The van der Waals surface area contributed by atoms with E-state index in [9.17, 15) is 18.8 Å². The molecule has 27 heavy (non-hydrogen) atoms. The van der Waals surface area contributed by atoms with Gasteiger partial charge in [0.2, 0.25) is 11.8 Å². The van der Waals surface area contributed by atoms with Gasteiger partial charge in [-0.25, -0.2) is 9.82 Å². The summed E-state index contributed by atoms with van der Waals surface area (Å²) in [4.78, 5) is 34.9. The Hall–Kier alpha value is -3.55. The Morgan fingerprint density at radius 2 is 1.44 bits per heavy atom. The Balaban J connectivity index is 1.86. The lowest BCUT2D eigenvalue weighted by Gasteiger charge is -2.06. The zero-order valence-corrected chi connectivity index (χ0v) is 14.9. The predicted octanol–water partition coefficient (Wildman–Crippen LogP) is 2.92. The zero-order valence-electron chi connectivity index (χ0n) is 14.9. The molecule has 0 radical (unpaired) electrons. The molecule has 0 bridgehead atoms. The second-order valence-corrected chi connectivity index (χ2v) is 5.78. The molecule has 0 aliphatic rings. The Morgan fingerprint density at radius 3 is 2.04 bits per heavy atom. The summed E-state index contributed by atoms with van der Waals surface area (Å²) in [5.74, 6) is -1.37. The van der Waals surface area contributed by atoms with Crippen LogP contribution >= 0.6 is 0 Å². The van der Waals surface area contributed by atoms with Crippen molar-refractivity contribution in [1.82, 2.24) is 5.43 Å². The van der Waals surface area contributed by atoms with E-state index in [1.165, 1.54) is 31.2 Å². The standard InChI is InChI=1S/C19H19FN4O3/c1-12(11-18(26)22-17-9-5-15(20)6-10-17)23-24-19(27)14-3-7-16(8-4-14)21-13(2)25/h3-10H,11H2,1-2H3,(H,21,25)(H,22,26)(H,24,27)/b23-12-. The van der Waals surface area contributed by atoms with Crippen molar-refractivity contribution in [3.63, 3.8) is 0 Å². The van der Waals surface area contributed by atoms with E-state index in [1.54, 1.807) is 31.2 Å². The van der Waals surface area contributed by atoms with Crippen LogP contribution in [0.15, 0.2) is 53.6 Å². The summed E-state index contributed by atoms with van der Waals surface area (Å²) >= 11 is 0. The van der Waals surface area contributed by atoms with Crippen LogP contribution in [-0.2, 0) is 9.59 Å². The van der Waals surface area contributed by atoms with Crippen LogP contribution in [-0.4, -0.2) is 23.4 Å². The molecule has 0 aliphatic heterocycles. The fourth-order valence-electron chi connectivity index (χ4n) is 2.13. The molecule has 0 fully saturated rings. The van der Waals surface area contributed by atoms with Crippen LogP contribution in [0.25, 0.3) is 0 Å². The average Bonchev–Trinajstić information content (AvgIpc) is 2.61. The van der Waals surface area contributed by atoms with Gasteiger partial charge in [-0.2, -0.15) is 5.10 Å². The molecule has 8 heteroatoms. The Morgan fingerprint density at radius 1 is 0.889 bits per heavy atom. The first kappa shape index (κ1) is 19.8. The molecule has 0 saturated carbocycles. The monoisotopic (exact) mass is 370 g/mol. The number of halogens is 1. The van der Waals surface area contributed by atoms with Crippen LogP contribution < -0.4 is 16.1 Å². The second kappa shape index (κ2) is 9.23. The van der Waals surface area contributed by atoms with Gasteiger partial charge in [0.05, 0.1) is 6.42 Å². The van der Waals surface area contributed by atoms with Crippen molar-refractivity contribution >= 4 is 34.8 Å². The molecule has 140 valence electrons. The Kier molecular flexibility index (Phi) is 6.76. The molecule has 0 saturated heterocycles. The second-order valence-electron chi connectivity index (χ2n) is 5.78. The SMILES string of the molecule is CC(=O)Nc1ccc(C(=O)N/N=C(/C)CC(=O)Nc2ccc(F)cc2)cc1. The molecular formula is C19H19FN4O3. The van der Waals surface area contributed by atoms with Gasteiger partial charge >= 0.3 is 0 Å². The van der Waals surface area contributed by atoms with Gasteiger partial charge in [0.1, 0.15) is 5.82 Å². The van der Waals surface area contributed by atoms with Gasteiger partial charge in [-0.1, -0.05) is 0 Å². The Labute approximate surface area is 155 Å². The summed E-state index contributed by atoms with van der Waals surface area (Å²) in [5.41, 5.74) is 4.18. The first-order valence-electron chi connectivity index (χ1n) is 8.10. The fourth-order valence-corrected chi connectivity index (χ4v) is 2.13. The van der Waals surface area contributed by atoms with E-state index in [0.29, 0.717) is 22.6 Å². The van der Waals surface area contributed by atoms with Crippen LogP contribution in [0.5, 0.6) is 0 Å². The Bertz CT molecular complexity index is 862.